The summed E-state index contributed by atoms with van der Waals surface area (Å²) < 4.78 is 0. The van der Waals surface area contributed by atoms with Gasteiger partial charge in [-0.15, -0.1) is 0 Å². The van der Waals surface area contributed by atoms with Gasteiger partial charge in [0.25, 0.3) is 0 Å². The number of nitrogens with zero attached hydrogens (tertiary/aromatic N) is 16. The molecule has 0 aliphatic heterocycles. The Morgan fingerprint density at radius 2 is 0.308 bits per heavy atom. The van der Waals surface area contributed by atoms with E-state index in [2.05, 4.69) is 129 Å². The van der Waals surface area contributed by atoms with E-state index in [4.69, 9.17) is 0 Å². The summed E-state index contributed by atoms with van der Waals surface area (Å²) in [6, 6.07) is 94.5. The van der Waals surface area contributed by atoms with E-state index in [1.165, 1.54) is 0 Å². The van der Waals surface area contributed by atoms with Gasteiger partial charge in [-0.05, 0) is 146 Å². The van der Waals surface area contributed by atoms with Crippen LogP contribution in [-0.2, 0) is 126 Å². The number of rotatable bonds is 8. The Morgan fingerprint density at radius 1 is 0.163 bits per heavy atom. The van der Waals surface area contributed by atoms with Crippen LogP contribution in [0.15, 0.2) is 341 Å². The van der Waals surface area contributed by atoms with Crippen molar-refractivity contribution in [3.8, 4) is 91.1 Å². The fourth-order valence-electron chi connectivity index (χ4n) is 7.98. The zero-order chi connectivity index (χ0) is 65.8. The number of aromatic nitrogens is 16. The van der Waals surface area contributed by atoms with Crippen LogP contribution in [0.25, 0.3) is 91.1 Å². The Bertz CT molecular complexity index is 3710. The second-order valence-electron chi connectivity index (χ2n) is 18.9. The topological polar surface area (TPSA) is 276 Å². The molecule has 24 heteroatoms. The summed E-state index contributed by atoms with van der Waals surface area (Å²) in [5.41, 5.74) is 13.8. The molecular formula is C80H62N18Pt6+4. The molecule has 0 atom stereocenters. The van der Waals surface area contributed by atoms with Gasteiger partial charge in [0.15, 0.2) is 0 Å². The maximum absolute atomic E-state index is 4.59. The molecule has 0 radical (unpaired) electrons. The summed E-state index contributed by atoms with van der Waals surface area (Å²) in [5, 5.41) is 0. The normalized spacial score (nSPS) is 8.92. The zero-order valence-corrected chi connectivity index (χ0v) is 68.4. The number of pyridine rings is 16. The molecule has 0 unspecified atom stereocenters. The minimum Gasteiger partial charge on any atom is -0.529 e. The van der Waals surface area contributed by atoms with Crippen molar-refractivity contribution < 1.29 is 126 Å². The SMILES string of the molecule is N.N.[Pt+2].[Pt+2].[Pt+2].[Pt+2].[Pt+2].[Pt+2].[c-]1c[c-]ncc1.[c-]1c[c-]ncc1.[c-]1c[c-]ncc1.[c-]1c[c-]ncc1.c1ccc(-c2cccc(-c3ccccn3)n2)nc1.c1ccc(-c2cccc(-c3ccccn3)n2)nc1.c1ccc(-c2cccc(-c3ccccn3)n2)nc1.c1ccc(-c2cccc(-c3ccccn3)n2)nc1. The first-order valence-corrected chi connectivity index (χ1v) is 29.7. The van der Waals surface area contributed by atoms with Crippen molar-refractivity contribution >= 4 is 0 Å². The molecule has 16 aromatic rings. The summed E-state index contributed by atoms with van der Waals surface area (Å²) in [5.74, 6) is 0. The van der Waals surface area contributed by atoms with Crippen molar-refractivity contribution in [3.05, 3.63) is 390 Å². The molecule has 18 nitrogen and oxygen atoms in total. The summed E-state index contributed by atoms with van der Waals surface area (Å²) >= 11 is 0. The molecule has 0 saturated carbocycles. The summed E-state index contributed by atoms with van der Waals surface area (Å²) in [6.07, 6.45) is 31.0. The van der Waals surface area contributed by atoms with Gasteiger partial charge in [0, 0.05) is 49.6 Å². The van der Waals surface area contributed by atoms with E-state index >= 15 is 0 Å². The molecule has 104 heavy (non-hydrogen) atoms. The van der Waals surface area contributed by atoms with Gasteiger partial charge in [0.05, 0.1) is 91.1 Å². The molecule has 0 aliphatic carbocycles. The second-order valence-corrected chi connectivity index (χ2v) is 18.9. The molecular weight excluding hydrogens is 2380 g/mol. The van der Waals surface area contributed by atoms with Gasteiger partial charge in [-0.3, -0.25) is 113 Å². The smallest absolute Gasteiger partial charge is 0.529 e. The molecule has 0 amide bonds. The van der Waals surface area contributed by atoms with Crippen LogP contribution in [-0.4, -0.2) is 79.7 Å². The van der Waals surface area contributed by atoms with Crippen molar-refractivity contribution in [2.24, 2.45) is 0 Å². The molecule has 16 aromatic heterocycles. The summed E-state index contributed by atoms with van der Waals surface area (Å²) in [7, 11) is 0. The van der Waals surface area contributed by atoms with Gasteiger partial charge in [-0.2, -0.15) is 0 Å². The standard InChI is InChI=1S/4C15H11N3.4C5H3N.2H3N.6Pt/c4*1-3-10-16-12(6-1)14-8-5-9-15(18-14)13-7-2-4-11-17-13;4*1-2-4-6-5-3-1;;;;;;;;/h4*1-11H;4*2-4H;2*1H3;;;;;;/q;;;;4*-2;;;6*+2. The molecule has 528 valence electrons. The fourth-order valence-corrected chi connectivity index (χ4v) is 7.98. The predicted octanol–water partition coefficient (Wildman–Crippen LogP) is 15.9. The zero-order valence-electron chi connectivity index (χ0n) is 54.8. The Hall–Kier alpha value is -9.55. The third-order valence-corrected chi connectivity index (χ3v) is 12.3. The van der Waals surface area contributed by atoms with Crippen LogP contribution in [0.3, 0.4) is 0 Å². The Labute approximate surface area is 692 Å². The van der Waals surface area contributed by atoms with Crippen LogP contribution >= 0.6 is 0 Å². The molecule has 0 bridgehead atoms. The van der Waals surface area contributed by atoms with Gasteiger partial charge >= 0.3 is 126 Å². The van der Waals surface area contributed by atoms with E-state index in [9.17, 15) is 0 Å². The van der Waals surface area contributed by atoms with Crippen molar-refractivity contribution in [3.63, 3.8) is 0 Å². The largest absolute Gasteiger partial charge is 2.00 e. The van der Waals surface area contributed by atoms with Crippen molar-refractivity contribution in [2.45, 2.75) is 0 Å². The van der Waals surface area contributed by atoms with Crippen molar-refractivity contribution in [1.29, 1.82) is 0 Å². The minimum absolute atomic E-state index is 0. The van der Waals surface area contributed by atoms with Crippen LogP contribution in [0, 0.1) is 49.1 Å². The van der Waals surface area contributed by atoms with E-state index in [-0.39, 0.29) is 139 Å². The van der Waals surface area contributed by atoms with Gasteiger partial charge < -0.3 is 56.5 Å². The van der Waals surface area contributed by atoms with E-state index in [1.54, 1.807) is 123 Å². The fraction of sp³-hybridized carbons (Fsp3) is 0. The molecule has 16 heterocycles. The third kappa shape index (κ3) is 34.2. The van der Waals surface area contributed by atoms with Crippen LogP contribution in [0.4, 0.5) is 0 Å². The summed E-state index contributed by atoms with van der Waals surface area (Å²) in [6.45, 7) is 0. The first-order chi connectivity index (χ1) is 47.7. The maximum atomic E-state index is 4.59. The van der Waals surface area contributed by atoms with Gasteiger partial charge in [0.2, 0.25) is 0 Å². The average Bonchev–Trinajstić information content (AvgIpc) is 0.862. The van der Waals surface area contributed by atoms with E-state index in [1.807, 2.05) is 218 Å². The van der Waals surface area contributed by atoms with Crippen LogP contribution < -0.4 is 12.3 Å². The van der Waals surface area contributed by atoms with Gasteiger partial charge in [-0.1, -0.05) is 72.8 Å². The van der Waals surface area contributed by atoms with Crippen LogP contribution in [0.2, 0.25) is 0 Å². The van der Waals surface area contributed by atoms with Crippen LogP contribution in [0.5, 0.6) is 0 Å². The first kappa shape index (κ1) is 92.5. The van der Waals surface area contributed by atoms with Crippen molar-refractivity contribution in [2.75, 3.05) is 0 Å². The summed E-state index contributed by atoms with van der Waals surface area (Å²) in [4.78, 5) is 67.3. The Morgan fingerprint density at radius 3 is 0.394 bits per heavy atom. The molecule has 0 fully saturated rings. The predicted molar refractivity (Wildman–Crippen MR) is 380 cm³/mol. The van der Waals surface area contributed by atoms with E-state index in [0.29, 0.717) is 0 Å². The van der Waals surface area contributed by atoms with Gasteiger partial charge in [0.1, 0.15) is 0 Å². The van der Waals surface area contributed by atoms with Crippen LogP contribution in [0.1, 0.15) is 0 Å². The molecule has 0 aromatic carbocycles. The monoisotopic (exact) mass is 2440 g/mol. The maximum Gasteiger partial charge on any atom is 2.00 e. The number of hydrogen-bond acceptors (Lipinski definition) is 18. The Balaban J connectivity index is 0.000000611. The quantitative estimate of drug-likeness (QED) is 0.134. The van der Waals surface area contributed by atoms with Gasteiger partial charge in [-0.25, -0.2) is 44.7 Å². The van der Waals surface area contributed by atoms with E-state index in [0.717, 1.165) is 91.1 Å². The molecule has 0 aliphatic rings. The Kier molecular flexibility index (Phi) is 50.6. The molecule has 0 saturated heterocycles. The molecule has 6 N–H and O–H groups in total. The minimum atomic E-state index is 0. The third-order valence-electron chi connectivity index (χ3n) is 12.3. The van der Waals surface area contributed by atoms with E-state index < -0.39 is 0 Å². The molecule has 16 rings (SSSR count). The van der Waals surface area contributed by atoms with Crippen molar-refractivity contribution in [1.82, 2.24) is 92.0 Å². The average molecular weight is 2450 g/mol. The number of hydrogen-bond donors (Lipinski definition) is 2. The molecule has 0 spiro atoms. The second kappa shape index (κ2) is 56.9. The first-order valence-electron chi connectivity index (χ1n) is 29.7.